The fourth-order valence-corrected chi connectivity index (χ4v) is 2.67. The molecule has 0 unspecified atom stereocenters. The Bertz CT molecular complexity index is 499. The topological polar surface area (TPSA) is 37.8 Å². The highest BCUT2D eigenvalue weighted by Gasteiger charge is 2.10. The summed E-state index contributed by atoms with van der Waals surface area (Å²) in [5.41, 5.74) is 4.74. The Hall–Kier alpha value is -1.26. The maximum atomic E-state index is 4.28. The summed E-state index contributed by atoms with van der Waals surface area (Å²) in [5, 5.41) is 7.68. The largest absolute Gasteiger partial charge is 0.312 e. The number of hydrogen-bond donors (Lipinski definition) is 1. The third-order valence-electron chi connectivity index (χ3n) is 2.76. The van der Waals surface area contributed by atoms with Crippen molar-refractivity contribution in [3.8, 4) is 11.3 Å². The first-order valence-corrected chi connectivity index (χ1v) is 7.08. The van der Waals surface area contributed by atoms with Crippen molar-refractivity contribution < 1.29 is 0 Å². The molecule has 0 amide bonds. The number of aryl methyl sites for hydroxylation is 2. The van der Waals surface area contributed by atoms with E-state index in [1.54, 1.807) is 0 Å². The van der Waals surface area contributed by atoms with Gasteiger partial charge < -0.3 is 5.32 Å². The highest BCUT2D eigenvalue weighted by atomic mass is 32.1. The van der Waals surface area contributed by atoms with Gasteiger partial charge in [0.25, 0.3) is 0 Å². The summed E-state index contributed by atoms with van der Waals surface area (Å²) >= 11 is 1.48. The van der Waals surface area contributed by atoms with Crippen LogP contribution in [-0.4, -0.2) is 16.1 Å². The summed E-state index contributed by atoms with van der Waals surface area (Å²) in [6, 6.07) is 6.53. The Labute approximate surface area is 112 Å². The minimum Gasteiger partial charge on any atom is -0.312 e. The molecule has 2 rings (SSSR count). The van der Waals surface area contributed by atoms with Gasteiger partial charge in [0.05, 0.1) is 4.88 Å². The molecule has 4 heteroatoms. The molecule has 0 spiro atoms. The van der Waals surface area contributed by atoms with Gasteiger partial charge in [-0.2, -0.15) is 0 Å². The molecule has 18 heavy (non-hydrogen) atoms. The molecule has 0 saturated carbocycles. The van der Waals surface area contributed by atoms with E-state index in [1.807, 2.05) is 0 Å². The second-order valence-corrected chi connectivity index (χ2v) is 5.44. The smallest absolute Gasteiger partial charge is 0.110 e. The van der Waals surface area contributed by atoms with E-state index in [0.717, 1.165) is 25.2 Å². The lowest BCUT2D eigenvalue weighted by atomic mass is 10.0. The molecule has 3 nitrogen and oxygen atoms in total. The molecule has 2 aromatic rings. The predicted octanol–water partition coefficient (Wildman–Crippen LogP) is 3.32. The standard InChI is InChI=1S/C14H19N3S/c1-4-5-15-9-13-14(16-17-18-13)12-7-10(2)6-11(3)8-12/h6-8,15H,4-5,9H2,1-3H3. The van der Waals surface area contributed by atoms with E-state index in [9.17, 15) is 0 Å². The fraction of sp³-hybridized carbons (Fsp3) is 0.429. The Morgan fingerprint density at radius 2 is 1.89 bits per heavy atom. The third kappa shape index (κ3) is 3.15. The average molecular weight is 261 g/mol. The maximum Gasteiger partial charge on any atom is 0.110 e. The lowest BCUT2D eigenvalue weighted by molar-refractivity contribution is 0.681. The first-order chi connectivity index (χ1) is 8.70. The number of nitrogens with one attached hydrogen (secondary N) is 1. The zero-order valence-corrected chi connectivity index (χ0v) is 12.0. The van der Waals surface area contributed by atoms with Crippen LogP contribution in [0.4, 0.5) is 0 Å². The van der Waals surface area contributed by atoms with Crippen LogP contribution in [0.5, 0.6) is 0 Å². The first kappa shape index (κ1) is 13.2. The van der Waals surface area contributed by atoms with Gasteiger partial charge in [-0.05, 0) is 50.5 Å². The summed E-state index contributed by atoms with van der Waals surface area (Å²) < 4.78 is 4.09. The summed E-state index contributed by atoms with van der Waals surface area (Å²) in [4.78, 5) is 1.22. The molecule has 0 radical (unpaired) electrons. The molecule has 1 N–H and O–H groups in total. The molecule has 0 aliphatic heterocycles. The Balaban J connectivity index is 2.24. The molecule has 0 fully saturated rings. The van der Waals surface area contributed by atoms with Gasteiger partial charge in [-0.15, -0.1) is 5.10 Å². The van der Waals surface area contributed by atoms with E-state index in [0.29, 0.717) is 0 Å². The predicted molar refractivity (Wildman–Crippen MR) is 76.8 cm³/mol. The lowest BCUT2D eigenvalue weighted by Crippen LogP contribution is -2.13. The van der Waals surface area contributed by atoms with Gasteiger partial charge in [0, 0.05) is 12.1 Å². The molecule has 1 aromatic heterocycles. The van der Waals surface area contributed by atoms with Crippen molar-refractivity contribution in [1.29, 1.82) is 0 Å². The Morgan fingerprint density at radius 3 is 2.56 bits per heavy atom. The van der Waals surface area contributed by atoms with Crippen molar-refractivity contribution in [2.24, 2.45) is 0 Å². The van der Waals surface area contributed by atoms with Gasteiger partial charge in [0.15, 0.2) is 0 Å². The first-order valence-electron chi connectivity index (χ1n) is 6.31. The SMILES string of the molecule is CCCNCc1snnc1-c1cc(C)cc(C)c1. The fourth-order valence-electron chi connectivity index (χ4n) is 2.03. The van der Waals surface area contributed by atoms with Gasteiger partial charge in [-0.1, -0.05) is 28.6 Å². The summed E-state index contributed by atoms with van der Waals surface area (Å²) in [6.07, 6.45) is 1.14. The van der Waals surface area contributed by atoms with E-state index in [-0.39, 0.29) is 0 Å². The minimum absolute atomic E-state index is 0.855. The van der Waals surface area contributed by atoms with E-state index >= 15 is 0 Å². The molecule has 0 saturated heterocycles. The van der Waals surface area contributed by atoms with Crippen molar-refractivity contribution in [3.63, 3.8) is 0 Å². The number of rotatable bonds is 5. The van der Waals surface area contributed by atoms with Crippen LogP contribution in [0.15, 0.2) is 18.2 Å². The number of benzene rings is 1. The van der Waals surface area contributed by atoms with Crippen molar-refractivity contribution in [2.45, 2.75) is 33.7 Å². The number of aromatic nitrogens is 2. The van der Waals surface area contributed by atoms with E-state index in [1.165, 1.54) is 33.1 Å². The zero-order chi connectivity index (χ0) is 13.0. The van der Waals surface area contributed by atoms with Crippen LogP contribution in [0.25, 0.3) is 11.3 Å². The minimum atomic E-state index is 0.855. The number of hydrogen-bond acceptors (Lipinski definition) is 4. The molecule has 0 atom stereocenters. The summed E-state index contributed by atoms with van der Waals surface area (Å²) in [7, 11) is 0. The normalized spacial score (nSPS) is 10.8. The van der Waals surface area contributed by atoms with Crippen LogP contribution >= 0.6 is 11.5 Å². The van der Waals surface area contributed by atoms with Crippen LogP contribution in [0.1, 0.15) is 29.3 Å². The molecular formula is C14H19N3S. The summed E-state index contributed by atoms with van der Waals surface area (Å²) in [5.74, 6) is 0. The molecule has 0 aliphatic carbocycles. The quantitative estimate of drug-likeness (QED) is 0.839. The maximum absolute atomic E-state index is 4.28. The van der Waals surface area contributed by atoms with Gasteiger partial charge in [0.1, 0.15) is 5.69 Å². The molecule has 0 aliphatic rings. The average Bonchev–Trinajstić information content (AvgIpc) is 2.76. The lowest BCUT2D eigenvalue weighted by Gasteiger charge is -2.05. The van der Waals surface area contributed by atoms with E-state index < -0.39 is 0 Å². The van der Waals surface area contributed by atoms with Crippen molar-refractivity contribution in [1.82, 2.24) is 14.9 Å². The second-order valence-electron chi connectivity index (χ2n) is 4.60. The van der Waals surface area contributed by atoms with Gasteiger partial charge in [-0.25, -0.2) is 0 Å². The molecule has 96 valence electrons. The van der Waals surface area contributed by atoms with Crippen LogP contribution < -0.4 is 5.32 Å². The second kappa shape index (κ2) is 6.07. The van der Waals surface area contributed by atoms with Crippen molar-refractivity contribution in [3.05, 3.63) is 34.2 Å². The highest BCUT2D eigenvalue weighted by molar-refractivity contribution is 7.05. The van der Waals surface area contributed by atoms with Crippen molar-refractivity contribution >= 4 is 11.5 Å². The van der Waals surface area contributed by atoms with Crippen LogP contribution in [0.3, 0.4) is 0 Å². The van der Waals surface area contributed by atoms with Gasteiger partial charge in [0.2, 0.25) is 0 Å². The van der Waals surface area contributed by atoms with Crippen LogP contribution in [0.2, 0.25) is 0 Å². The van der Waals surface area contributed by atoms with E-state index in [2.05, 4.69) is 53.9 Å². The molecule has 1 heterocycles. The number of nitrogens with zero attached hydrogens (tertiary/aromatic N) is 2. The van der Waals surface area contributed by atoms with Crippen LogP contribution in [-0.2, 0) is 6.54 Å². The van der Waals surface area contributed by atoms with E-state index in [4.69, 9.17) is 0 Å². The molecular weight excluding hydrogens is 242 g/mol. The zero-order valence-electron chi connectivity index (χ0n) is 11.2. The third-order valence-corrected chi connectivity index (χ3v) is 3.48. The molecule has 1 aromatic carbocycles. The molecule has 0 bridgehead atoms. The van der Waals surface area contributed by atoms with Gasteiger partial charge >= 0.3 is 0 Å². The van der Waals surface area contributed by atoms with Crippen molar-refractivity contribution in [2.75, 3.05) is 6.54 Å². The Morgan fingerprint density at radius 1 is 1.17 bits per heavy atom. The summed E-state index contributed by atoms with van der Waals surface area (Å²) in [6.45, 7) is 8.29. The monoisotopic (exact) mass is 261 g/mol. The highest BCUT2D eigenvalue weighted by Crippen LogP contribution is 2.25. The Kier molecular flexibility index (Phi) is 4.44. The van der Waals surface area contributed by atoms with Crippen LogP contribution in [0, 0.1) is 13.8 Å². The van der Waals surface area contributed by atoms with Gasteiger partial charge in [-0.3, -0.25) is 0 Å².